The fourth-order valence-corrected chi connectivity index (χ4v) is 2.47. The molecule has 0 bridgehead atoms. The fourth-order valence-electron chi connectivity index (χ4n) is 2.47. The molecule has 2 aromatic carbocycles. The van der Waals surface area contributed by atoms with Crippen molar-refractivity contribution in [2.45, 2.75) is 26.2 Å². The number of esters is 1. The topological polar surface area (TPSA) is 54.0 Å². The maximum absolute atomic E-state index is 11.9. The van der Waals surface area contributed by atoms with Gasteiger partial charge >= 0.3 is 5.97 Å². The summed E-state index contributed by atoms with van der Waals surface area (Å²) in [5.74, 6) is 1.40. The van der Waals surface area contributed by atoms with Crippen molar-refractivity contribution in [2.75, 3.05) is 21.3 Å². The Labute approximate surface area is 148 Å². The molecule has 0 amide bonds. The predicted octanol–water partition coefficient (Wildman–Crippen LogP) is 4.63. The van der Waals surface area contributed by atoms with Crippen LogP contribution < -0.4 is 14.2 Å². The number of unbranched alkanes of at least 4 members (excludes halogenated alkanes) is 1. The number of methoxy groups -OCH3 is 3. The van der Waals surface area contributed by atoms with Gasteiger partial charge in [0.2, 0.25) is 5.75 Å². The van der Waals surface area contributed by atoms with Gasteiger partial charge in [0, 0.05) is 0 Å². The smallest absolute Gasteiger partial charge is 0.338 e. The second-order valence-electron chi connectivity index (χ2n) is 5.55. The zero-order valence-corrected chi connectivity index (χ0v) is 15.1. The highest BCUT2D eigenvalue weighted by atomic mass is 16.5. The van der Waals surface area contributed by atoms with Gasteiger partial charge in [0.25, 0.3) is 0 Å². The standard InChI is InChI=1S/C20H24O5/c1-5-6-7-14-8-10-16(11-9-14)25-18-13-15(20(21)24-4)12-17(22-2)19(18)23-3/h8-13H,5-7H2,1-4H3. The summed E-state index contributed by atoms with van der Waals surface area (Å²) in [4.78, 5) is 11.9. The predicted molar refractivity (Wildman–Crippen MR) is 96.0 cm³/mol. The molecule has 0 spiro atoms. The molecule has 0 aliphatic carbocycles. The molecule has 0 fully saturated rings. The van der Waals surface area contributed by atoms with Crippen LogP contribution in [0.25, 0.3) is 0 Å². The summed E-state index contributed by atoms with van der Waals surface area (Å²) in [5, 5.41) is 0. The van der Waals surface area contributed by atoms with Crippen LogP contribution in [-0.4, -0.2) is 27.3 Å². The fraction of sp³-hybridized carbons (Fsp3) is 0.350. The van der Waals surface area contributed by atoms with Crippen LogP contribution in [0.4, 0.5) is 0 Å². The average molecular weight is 344 g/mol. The number of hydrogen-bond acceptors (Lipinski definition) is 5. The molecule has 0 saturated carbocycles. The third-order valence-electron chi connectivity index (χ3n) is 3.84. The summed E-state index contributed by atoms with van der Waals surface area (Å²) in [6, 6.07) is 11.0. The van der Waals surface area contributed by atoms with Crippen molar-refractivity contribution in [1.29, 1.82) is 0 Å². The molecular weight excluding hydrogens is 320 g/mol. The quantitative estimate of drug-likeness (QED) is 0.654. The van der Waals surface area contributed by atoms with E-state index in [4.69, 9.17) is 18.9 Å². The number of aryl methyl sites for hydroxylation is 1. The zero-order chi connectivity index (χ0) is 18.2. The Bertz CT molecular complexity index is 707. The van der Waals surface area contributed by atoms with Crippen molar-refractivity contribution in [1.82, 2.24) is 0 Å². The lowest BCUT2D eigenvalue weighted by Crippen LogP contribution is -2.04. The molecular formula is C20H24O5. The summed E-state index contributed by atoms with van der Waals surface area (Å²) in [6.45, 7) is 2.17. The van der Waals surface area contributed by atoms with Crippen molar-refractivity contribution in [3.8, 4) is 23.0 Å². The van der Waals surface area contributed by atoms with E-state index >= 15 is 0 Å². The summed E-state index contributed by atoms with van der Waals surface area (Å²) < 4.78 is 21.4. The molecule has 5 nitrogen and oxygen atoms in total. The Balaban J connectivity index is 2.31. The van der Waals surface area contributed by atoms with Gasteiger partial charge < -0.3 is 18.9 Å². The van der Waals surface area contributed by atoms with Gasteiger partial charge in [0.15, 0.2) is 11.5 Å². The van der Waals surface area contributed by atoms with Gasteiger partial charge in [-0.25, -0.2) is 4.79 Å². The highest BCUT2D eigenvalue weighted by Gasteiger charge is 2.18. The van der Waals surface area contributed by atoms with E-state index in [-0.39, 0.29) is 0 Å². The van der Waals surface area contributed by atoms with E-state index in [0.29, 0.717) is 28.6 Å². The van der Waals surface area contributed by atoms with Crippen LogP contribution in [0.1, 0.15) is 35.7 Å². The molecule has 0 aliphatic rings. The largest absolute Gasteiger partial charge is 0.493 e. The van der Waals surface area contributed by atoms with E-state index in [1.165, 1.54) is 26.9 Å². The van der Waals surface area contributed by atoms with Crippen LogP contribution in [0.3, 0.4) is 0 Å². The number of benzene rings is 2. The first kappa shape index (κ1) is 18.6. The highest BCUT2D eigenvalue weighted by molar-refractivity contribution is 5.91. The first-order chi connectivity index (χ1) is 12.1. The normalized spacial score (nSPS) is 10.2. The van der Waals surface area contributed by atoms with E-state index in [0.717, 1.165) is 19.3 Å². The average Bonchev–Trinajstić information content (AvgIpc) is 2.66. The van der Waals surface area contributed by atoms with Crippen molar-refractivity contribution in [3.05, 3.63) is 47.5 Å². The van der Waals surface area contributed by atoms with Gasteiger partial charge in [-0.2, -0.15) is 0 Å². The molecule has 2 aromatic rings. The monoisotopic (exact) mass is 344 g/mol. The first-order valence-corrected chi connectivity index (χ1v) is 8.24. The number of hydrogen-bond donors (Lipinski definition) is 0. The zero-order valence-electron chi connectivity index (χ0n) is 15.1. The second kappa shape index (κ2) is 8.97. The van der Waals surface area contributed by atoms with Gasteiger partial charge in [-0.15, -0.1) is 0 Å². The maximum atomic E-state index is 11.9. The number of rotatable bonds is 8. The van der Waals surface area contributed by atoms with Gasteiger partial charge in [-0.1, -0.05) is 25.5 Å². The van der Waals surface area contributed by atoms with E-state index in [9.17, 15) is 4.79 Å². The van der Waals surface area contributed by atoms with Crippen LogP contribution in [0.2, 0.25) is 0 Å². The van der Waals surface area contributed by atoms with Crippen LogP contribution in [-0.2, 0) is 11.2 Å². The third-order valence-corrected chi connectivity index (χ3v) is 3.84. The van der Waals surface area contributed by atoms with E-state index in [1.54, 1.807) is 12.1 Å². The van der Waals surface area contributed by atoms with Crippen LogP contribution in [0.5, 0.6) is 23.0 Å². The lowest BCUT2D eigenvalue weighted by molar-refractivity contribution is 0.0600. The number of carbonyl (C=O) groups excluding carboxylic acids is 1. The van der Waals surface area contributed by atoms with E-state index in [2.05, 4.69) is 6.92 Å². The summed E-state index contributed by atoms with van der Waals surface area (Å²) >= 11 is 0. The van der Waals surface area contributed by atoms with Crippen molar-refractivity contribution in [3.63, 3.8) is 0 Å². The van der Waals surface area contributed by atoms with E-state index < -0.39 is 5.97 Å². The molecule has 134 valence electrons. The summed E-state index contributed by atoms with van der Waals surface area (Å²) in [5.41, 5.74) is 1.59. The Morgan fingerprint density at radius 3 is 2.20 bits per heavy atom. The second-order valence-corrected chi connectivity index (χ2v) is 5.55. The Morgan fingerprint density at radius 1 is 0.960 bits per heavy atom. The Morgan fingerprint density at radius 2 is 1.64 bits per heavy atom. The molecule has 0 radical (unpaired) electrons. The van der Waals surface area contributed by atoms with Gasteiger partial charge in [-0.05, 0) is 42.7 Å². The minimum Gasteiger partial charge on any atom is -0.493 e. The number of ether oxygens (including phenoxy) is 4. The molecule has 2 rings (SSSR count). The van der Waals surface area contributed by atoms with Crippen molar-refractivity contribution >= 4 is 5.97 Å². The highest BCUT2D eigenvalue weighted by Crippen LogP contribution is 2.40. The molecule has 0 aromatic heterocycles. The lowest BCUT2D eigenvalue weighted by atomic mass is 10.1. The van der Waals surface area contributed by atoms with Crippen LogP contribution in [0, 0.1) is 0 Å². The third kappa shape index (κ3) is 4.66. The summed E-state index contributed by atoms with van der Waals surface area (Å²) in [7, 11) is 4.36. The van der Waals surface area contributed by atoms with Crippen molar-refractivity contribution < 1.29 is 23.7 Å². The molecule has 0 unspecified atom stereocenters. The van der Waals surface area contributed by atoms with Gasteiger partial charge in [0.1, 0.15) is 5.75 Å². The molecule has 0 N–H and O–H groups in total. The first-order valence-electron chi connectivity index (χ1n) is 8.24. The molecule has 0 saturated heterocycles. The van der Waals surface area contributed by atoms with Crippen molar-refractivity contribution in [2.24, 2.45) is 0 Å². The minimum atomic E-state index is -0.472. The van der Waals surface area contributed by atoms with Gasteiger partial charge in [-0.3, -0.25) is 0 Å². The number of carbonyl (C=O) groups is 1. The molecule has 0 aliphatic heterocycles. The SMILES string of the molecule is CCCCc1ccc(Oc2cc(C(=O)OC)cc(OC)c2OC)cc1. The van der Waals surface area contributed by atoms with E-state index in [1.807, 2.05) is 24.3 Å². The molecule has 0 heterocycles. The maximum Gasteiger partial charge on any atom is 0.338 e. The van der Waals surface area contributed by atoms with Crippen LogP contribution >= 0.6 is 0 Å². The van der Waals surface area contributed by atoms with Gasteiger partial charge in [0.05, 0.1) is 26.9 Å². The lowest BCUT2D eigenvalue weighted by Gasteiger charge is -2.15. The molecule has 25 heavy (non-hydrogen) atoms. The molecule has 0 atom stereocenters. The van der Waals surface area contributed by atoms with Crippen LogP contribution in [0.15, 0.2) is 36.4 Å². The Hall–Kier alpha value is -2.69. The summed E-state index contributed by atoms with van der Waals surface area (Å²) in [6.07, 6.45) is 3.37. The minimum absolute atomic E-state index is 0.328. The molecule has 5 heteroatoms. The Kier molecular flexibility index (Phi) is 6.69.